The van der Waals surface area contributed by atoms with E-state index in [1.807, 2.05) is 13.0 Å². The summed E-state index contributed by atoms with van der Waals surface area (Å²) in [6.07, 6.45) is 2.27. The van der Waals surface area contributed by atoms with E-state index in [0.29, 0.717) is 24.8 Å². The number of halogens is 7. The van der Waals surface area contributed by atoms with Gasteiger partial charge in [-0.3, -0.25) is 0 Å². The lowest BCUT2D eigenvalue weighted by Crippen LogP contribution is -2.25. The van der Waals surface area contributed by atoms with Crippen LogP contribution in [-0.4, -0.2) is 0 Å². The number of alkyl halides is 2. The van der Waals surface area contributed by atoms with Gasteiger partial charge in [-0.25, -0.2) is 22.0 Å². The molecule has 1 aliphatic rings. The first kappa shape index (κ1) is 22.2. The van der Waals surface area contributed by atoms with Crippen LogP contribution >= 0.6 is 0 Å². The first-order valence-corrected chi connectivity index (χ1v) is 9.46. The van der Waals surface area contributed by atoms with E-state index in [-0.39, 0.29) is 23.6 Å². The van der Waals surface area contributed by atoms with Crippen LogP contribution in [0.4, 0.5) is 30.7 Å². The van der Waals surface area contributed by atoms with Crippen LogP contribution in [0.25, 0.3) is 0 Å². The first-order valence-electron chi connectivity index (χ1n) is 9.46. The fraction of sp³-hybridized carbons (Fsp3) is 0.364. The van der Waals surface area contributed by atoms with Crippen LogP contribution in [0.15, 0.2) is 36.4 Å². The van der Waals surface area contributed by atoms with Gasteiger partial charge in [0.1, 0.15) is 11.3 Å². The maximum atomic E-state index is 14.6. The number of allylic oxidation sites excluding steroid dienone is 2. The Morgan fingerprint density at radius 1 is 0.867 bits per heavy atom. The average Bonchev–Trinajstić information content (AvgIpc) is 2.68. The zero-order chi connectivity index (χ0) is 22.1. The Morgan fingerprint density at radius 2 is 1.47 bits per heavy atom. The normalized spacial score (nSPS) is 20.0. The van der Waals surface area contributed by atoms with Crippen molar-refractivity contribution >= 4 is 0 Å². The standard InChI is InChI=1S/C22H19F7O/c1-2-3-12-4-6-13(7-5-12)15-8-9-16(20(26)19(15)25)22(28,29)30-14-10-17(23)21(27)18(24)11-14/h2-3,8-13H,4-7H2,1H3/b3-2+. The second-order valence-corrected chi connectivity index (χ2v) is 7.29. The van der Waals surface area contributed by atoms with Gasteiger partial charge in [0.2, 0.25) is 0 Å². The maximum Gasteiger partial charge on any atom is 0.429 e. The van der Waals surface area contributed by atoms with Crippen molar-refractivity contribution in [1.82, 2.24) is 0 Å². The highest BCUT2D eigenvalue weighted by Gasteiger charge is 2.40. The van der Waals surface area contributed by atoms with Crippen LogP contribution < -0.4 is 4.74 Å². The molecule has 30 heavy (non-hydrogen) atoms. The number of benzene rings is 2. The molecule has 0 radical (unpaired) electrons. The molecule has 1 fully saturated rings. The molecule has 1 aliphatic carbocycles. The van der Waals surface area contributed by atoms with Gasteiger partial charge >= 0.3 is 6.11 Å². The zero-order valence-corrected chi connectivity index (χ0v) is 16.0. The molecular weight excluding hydrogens is 413 g/mol. The van der Waals surface area contributed by atoms with Crippen LogP contribution in [0.1, 0.15) is 49.7 Å². The van der Waals surface area contributed by atoms with Gasteiger partial charge in [0.25, 0.3) is 0 Å². The van der Waals surface area contributed by atoms with E-state index in [1.54, 1.807) is 0 Å². The first-order chi connectivity index (χ1) is 14.1. The van der Waals surface area contributed by atoms with Crippen molar-refractivity contribution in [1.29, 1.82) is 0 Å². The second kappa shape index (κ2) is 8.70. The van der Waals surface area contributed by atoms with Crippen molar-refractivity contribution in [2.45, 2.75) is 44.6 Å². The summed E-state index contributed by atoms with van der Waals surface area (Å²) in [4.78, 5) is 0. The summed E-state index contributed by atoms with van der Waals surface area (Å²) in [5, 5.41) is 0. The van der Waals surface area contributed by atoms with E-state index in [4.69, 9.17) is 0 Å². The lowest BCUT2D eigenvalue weighted by molar-refractivity contribution is -0.188. The highest BCUT2D eigenvalue weighted by molar-refractivity contribution is 5.33. The summed E-state index contributed by atoms with van der Waals surface area (Å²) in [7, 11) is 0. The van der Waals surface area contributed by atoms with Gasteiger partial charge in [-0.2, -0.15) is 8.78 Å². The average molecular weight is 432 g/mol. The van der Waals surface area contributed by atoms with Crippen LogP contribution in [0, 0.1) is 35.0 Å². The SMILES string of the molecule is C/C=C/C1CCC(c2ccc(C(F)(F)Oc3cc(F)c(F)c(F)c3)c(F)c2F)CC1. The Labute approximate surface area is 169 Å². The largest absolute Gasteiger partial charge is 0.429 e. The molecule has 0 saturated heterocycles. The lowest BCUT2D eigenvalue weighted by Gasteiger charge is -2.28. The highest BCUT2D eigenvalue weighted by Crippen LogP contribution is 2.40. The third-order valence-corrected chi connectivity index (χ3v) is 5.31. The van der Waals surface area contributed by atoms with Gasteiger partial charge in [-0.15, -0.1) is 0 Å². The van der Waals surface area contributed by atoms with Crippen molar-refractivity contribution in [3.8, 4) is 5.75 Å². The second-order valence-electron chi connectivity index (χ2n) is 7.29. The van der Waals surface area contributed by atoms with Gasteiger partial charge in [0.05, 0.1) is 0 Å². The van der Waals surface area contributed by atoms with Gasteiger partial charge < -0.3 is 4.74 Å². The van der Waals surface area contributed by atoms with E-state index in [2.05, 4.69) is 10.8 Å². The topological polar surface area (TPSA) is 9.23 Å². The van der Waals surface area contributed by atoms with E-state index < -0.39 is 46.5 Å². The summed E-state index contributed by atoms with van der Waals surface area (Å²) in [5.41, 5.74) is -1.42. The Kier molecular flexibility index (Phi) is 6.43. The Hall–Kier alpha value is -2.51. The summed E-state index contributed by atoms with van der Waals surface area (Å²) >= 11 is 0. The van der Waals surface area contributed by atoms with Crippen molar-refractivity contribution in [3.63, 3.8) is 0 Å². The van der Waals surface area contributed by atoms with Crippen molar-refractivity contribution in [2.24, 2.45) is 5.92 Å². The van der Waals surface area contributed by atoms with Gasteiger partial charge in [0.15, 0.2) is 29.1 Å². The molecule has 1 nitrogen and oxygen atoms in total. The van der Waals surface area contributed by atoms with Crippen molar-refractivity contribution < 1.29 is 35.5 Å². The van der Waals surface area contributed by atoms with Crippen molar-refractivity contribution in [2.75, 3.05) is 0 Å². The molecule has 0 spiro atoms. The molecule has 2 aromatic rings. The van der Waals surface area contributed by atoms with Crippen molar-refractivity contribution in [3.05, 3.63) is 76.6 Å². The summed E-state index contributed by atoms with van der Waals surface area (Å²) in [6.45, 7) is 1.90. The molecule has 0 bridgehead atoms. The van der Waals surface area contributed by atoms with E-state index >= 15 is 0 Å². The monoisotopic (exact) mass is 432 g/mol. The molecule has 1 saturated carbocycles. The lowest BCUT2D eigenvalue weighted by atomic mass is 9.78. The molecule has 0 aliphatic heterocycles. The van der Waals surface area contributed by atoms with Gasteiger partial charge in [-0.05, 0) is 56.1 Å². The molecule has 0 unspecified atom stereocenters. The Balaban J connectivity index is 1.84. The highest BCUT2D eigenvalue weighted by atomic mass is 19.3. The van der Waals surface area contributed by atoms with Crippen LogP contribution in [0.3, 0.4) is 0 Å². The van der Waals surface area contributed by atoms with E-state index in [0.717, 1.165) is 18.9 Å². The fourth-order valence-corrected chi connectivity index (χ4v) is 3.79. The number of hydrogen-bond acceptors (Lipinski definition) is 1. The van der Waals surface area contributed by atoms with Gasteiger partial charge in [0, 0.05) is 12.1 Å². The van der Waals surface area contributed by atoms with Gasteiger partial charge in [-0.1, -0.05) is 18.2 Å². The molecule has 2 aromatic carbocycles. The number of hydrogen-bond donors (Lipinski definition) is 0. The molecule has 0 amide bonds. The third-order valence-electron chi connectivity index (χ3n) is 5.31. The van der Waals surface area contributed by atoms with Crippen LogP contribution in [0.2, 0.25) is 0 Å². The molecule has 162 valence electrons. The molecule has 0 heterocycles. The molecule has 0 atom stereocenters. The minimum absolute atomic E-state index is 0.00449. The molecule has 3 rings (SSSR count). The number of ether oxygens (including phenoxy) is 1. The predicted octanol–water partition coefficient (Wildman–Crippen LogP) is 7.36. The minimum Gasteiger partial charge on any atom is -0.429 e. The van der Waals surface area contributed by atoms with Crippen LogP contribution in [-0.2, 0) is 6.11 Å². The minimum atomic E-state index is -4.44. The van der Waals surface area contributed by atoms with Crippen LogP contribution in [0.5, 0.6) is 5.75 Å². The summed E-state index contributed by atoms with van der Waals surface area (Å²) in [5.74, 6) is -9.58. The molecular formula is C22H19F7O. The summed E-state index contributed by atoms with van der Waals surface area (Å²) < 4.78 is 101. The van der Waals surface area contributed by atoms with E-state index in [9.17, 15) is 30.7 Å². The molecule has 8 heteroatoms. The Bertz CT molecular complexity index is 924. The third kappa shape index (κ3) is 4.47. The predicted molar refractivity (Wildman–Crippen MR) is 96.7 cm³/mol. The summed E-state index contributed by atoms with van der Waals surface area (Å²) in [6, 6.07) is 2.16. The quantitative estimate of drug-likeness (QED) is 0.273. The maximum absolute atomic E-state index is 14.6. The zero-order valence-electron chi connectivity index (χ0n) is 16.0. The molecule has 0 aromatic heterocycles. The smallest absolute Gasteiger partial charge is 0.429 e. The molecule has 0 N–H and O–H groups in total. The Morgan fingerprint density at radius 3 is 2.03 bits per heavy atom. The fourth-order valence-electron chi connectivity index (χ4n) is 3.79. The van der Waals surface area contributed by atoms with E-state index in [1.165, 1.54) is 0 Å². The number of rotatable bonds is 5.